The monoisotopic (exact) mass is 344 g/mol. The third kappa shape index (κ3) is 4.46. The Kier molecular flexibility index (Phi) is 5.42. The van der Waals surface area contributed by atoms with Crippen LogP contribution in [0.3, 0.4) is 0 Å². The van der Waals surface area contributed by atoms with Gasteiger partial charge in [0.15, 0.2) is 23.6 Å². The second-order valence-corrected chi connectivity index (χ2v) is 5.34. The third-order valence-electron chi connectivity index (χ3n) is 3.31. The van der Waals surface area contributed by atoms with Crippen LogP contribution < -0.4 is 10.6 Å². The number of rotatable bonds is 6. The number of carbonyl (C=O) groups excluding carboxylic acids is 3. The summed E-state index contributed by atoms with van der Waals surface area (Å²) in [7, 11) is 0. The zero-order chi connectivity index (χ0) is 17.9. The molecule has 0 radical (unpaired) electrons. The topological polar surface area (TPSA) is 84.5 Å². The van der Waals surface area contributed by atoms with Gasteiger partial charge in [-0.15, -0.1) is 0 Å². The van der Waals surface area contributed by atoms with E-state index in [1.807, 2.05) is 5.32 Å². The molecule has 0 unspecified atom stereocenters. The number of benzene rings is 1. The summed E-state index contributed by atoms with van der Waals surface area (Å²) in [6.45, 7) is 0.797. The minimum Gasteiger partial charge on any atom is -0.452 e. The van der Waals surface area contributed by atoms with E-state index in [-0.39, 0.29) is 5.92 Å². The Hall–Kier alpha value is -2.58. The maximum absolute atomic E-state index is 13.4. The van der Waals surface area contributed by atoms with Crippen LogP contribution in [0.2, 0.25) is 0 Å². The zero-order valence-electron chi connectivity index (χ0n) is 12.7. The fourth-order valence-corrected chi connectivity index (χ4v) is 1.77. The average molecular weight is 344 g/mol. The summed E-state index contributed by atoms with van der Waals surface area (Å²) in [4.78, 5) is 34.7. The van der Waals surface area contributed by atoms with Crippen LogP contribution in [0.5, 0.6) is 0 Å². The van der Waals surface area contributed by atoms with E-state index in [9.17, 15) is 27.6 Å². The van der Waals surface area contributed by atoms with Gasteiger partial charge in [-0.25, -0.2) is 13.2 Å². The molecule has 2 amide bonds. The van der Waals surface area contributed by atoms with E-state index < -0.39 is 53.6 Å². The van der Waals surface area contributed by atoms with E-state index in [0.717, 1.165) is 18.9 Å². The highest BCUT2D eigenvalue weighted by molar-refractivity contribution is 5.95. The Morgan fingerprint density at radius 2 is 1.88 bits per heavy atom. The summed E-state index contributed by atoms with van der Waals surface area (Å²) in [6.07, 6.45) is 0.385. The number of anilines is 1. The number of hydrogen-bond donors (Lipinski definition) is 2. The molecule has 2 rings (SSSR count). The van der Waals surface area contributed by atoms with Gasteiger partial charge >= 0.3 is 5.97 Å². The van der Waals surface area contributed by atoms with Crippen molar-refractivity contribution in [2.75, 3.05) is 11.9 Å². The Morgan fingerprint density at radius 1 is 1.21 bits per heavy atom. The van der Waals surface area contributed by atoms with Gasteiger partial charge in [0.25, 0.3) is 5.91 Å². The van der Waals surface area contributed by atoms with Gasteiger partial charge in [0.2, 0.25) is 5.91 Å². The van der Waals surface area contributed by atoms with Crippen molar-refractivity contribution in [1.29, 1.82) is 0 Å². The van der Waals surface area contributed by atoms with Gasteiger partial charge in [-0.05, 0) is 31.9 Å². The lowest BCUT2D eigenvalue weighted by Crippen LogP contribution is -2.40. The maximum atomic E-state index is 13.4. The van der Waals surface area contributed by atoms with Crippen LogP contribution in [0.4, 0.5) is 18.9 Å². The minimum atomic E-state index is -1.71. The largest absolute Gasteiger partial charge is 0.452 e. The molecule has 24 heavy (non-hydrogen) atoms. The number of amides is 2. The van der Waals surface area contributed by atoms with Gasteiger partial charge in [0, 0.05) is 0 Å². The SMILES string of the molecule is C[C@@H](OC(=O)C1CC1)C(=O)NCC(=O)Nc1ccc(F)c(F)c1F. The third-order valence-corrected chi connectivity index (χ3v) is 3.31. The number of esters is 1. The van der Waals surface area contributed by atoms with Gasteiger partial charge < -0.3 is 15.4 Å². The van der Waals surface area contributed by atoms with Gasteiger partial charge in [-0.1, -0.05) is 0 Å². The van der Waals surface area contributed by atoms with E-state index in [1.165, 1.54) is 6.92 Å². The molecule has 1 atom stereocenters. The molecule has 130 valence electrons. The molecule has 2 N–H and O–H groups in total. The van der Waals surface area contributed by atoms with E-state index in [2.05, 4.69) is 5.32 Å². The molecule has 0 aromatic heterocycles. The summed E-state index contributed by atoms with van der Waals surface area (Å²) < 4.78 is 44.1. The smallest absolute Gasteiger partial charge is 0.309 e. The van der Waals surface area contributed by atoms with E-state index in [0.29, 0.717) is 6.07 Å². The Morgan fingerprint density at radius 3 is 2.50 bits per heavy atom. The summed E-state index contributed by atoms with van der Waals surface area (Å²) in [5.41, 5.74) is -0.554. The molecule has 1 aliphatic carbocycles. The van der Waals surface area contributed by atoms with Crippen molar-refractivity contribution in [1.82, 2.24) is 5.32 Å². The standard InChI is InChI=1S/C15H15F3N2O4/c1-7(24-15(23)8-2-3-8)14(22)19-6-11(21)20-10-5-4-9(16)12(17)13(10)18/h4-5,7-8H,2-3,6H2,1H3,(H,19,22)(H,20,21)/t7-/m1/s1. The molecule has 1 aliphatic rings. The summed E-state index contributed by atoms with van der Waals surface area (Å²) in [5, 5.41) is 4.19. The molecular formula is C15H15F3N2O4. The first-order chi connectivity index (χ1) is 11.3. The predicted molar refractivity (Wildman–Crippen MR) is 76.2 cm³/mol. The number of ether oxygens (including phenoxy) is 1. The fourth-order valence-electron chi connectivity index (χ4n) is 1.77. The molecule has 6 nitrogen and oxygen atoms in total. The molecule has 0 aliphatic heterocycles. The van der Waals surface area contributed by atoms with Gasteiger partial charge in [0.05, 0.1) is 18.2 Å². The lowest BCUT2D eigenvalue weighted by Gasteiger charge is -2.13. The van der Waals surface area contributed by atoms with Crippen molar-refractivity contribution in [2.24, 2.45) is 5.92 Å². The molecule has 9 heteroatoms. The first-order valence-corrected chi connectivity index (χ1v) is 7.21. The molecule has 1 fully saturated rings. The number of halogens is 3. The Balaban J connectivity index is 1.81. The molecule has 1 saturated carbocycles. The second kappa shape index (κ2) is 7.33. The van der Waals surface area contributed by atoms with Crippen LogP contribution in [-0.2, 0) is 19.1 Å². The predicted octanol–water partition coefficient (Wildman–Crippen LogP) is 1.50. The highest BCUT2D eigenvalue weighted by atomic mass is 19.2. The lowest BCUT2D eigenvalue weighted by molar-refractivity contribution is -0.156. The lowest BCUT2D eigenvalue weighted by atomic mass is 10.2. The van der Waals surface area contributed by atoms with Crippen LogP contribution in [0.1, 0.15) is 19.8 Å². The van der Waals surface area contributed by atoms with Crippen LogP contribution in [-0.4, -0.2) is 30.4 Å². The van der Waals surface area contributed by atoms with Crippen molar-refractivity contribution in [3.63, 3.8) is 0 Å². The minimum absolute atomic E-state index is 0.167. The van der Waals surface area contributed by atoms with Crippen molar-refractivity contribution in [3.05, 3.63) is 29.6 Å². The number of nitrogens with one attached hydrogen (secondary N) is 2. The summed E-state index contributed by atoms with van der Waals surface area (Å²) in [6, 6.07) is 1.51. The van der Waals surface area contributed by atoms with Crippen LogP contribution in [0.15, 0.2) is 12.1 Å². The quantitative estimate of drug-likeness (QED) is 0.605. The summed E-state index contributed by atoms with van der Waals surface area (Å²) >= 11 is 0. The maximum Gasteiger partial charge on any atom is 0.309 e. The zero-order valence-corrected chi connectivity index (χ0v) is 12.7. The molecule has 0 heterocycles. The number of hydrogen-bond acceptors (Lipinski definition) is 4. The fraction of sp³-hybridized carbons (Fsp3) is 0.400. The van der Waals surface area contributed by atoms with E-state index in [4.69, 9.17) is 4.74 Å². The normalized spacial score (nSPS) is 14.7. The molecular weight excluding hydrogens is 329 g/mol. The van der Waals surface area contributed by atoms with Crippen LogP contribution >= 0.6 is 0 Å². The second-order valence-electron chi connectivity index (χ2n) is 5.34. The molecule has 0 spiro atoms. The van der Waals surface area contributed by atoms with E-state index in [1.54, 1.807) is 0 Å². The van der Waals surface area contributed by atoms with Crippen molar-refractivity contribution >= 4 is 23.5 Å². The van der Waals surface area contributed by atoms with Crippen molar-refractivity contribution in [2.45, 2.75) is 25.9 Å². The van der Waals surface area contributed by atoms with Crippen LogP contribution in [0.25, 0.3) is 0 Å². The van der Waals surface area contributed by atoms with Gasteiger partial charge in [-0.3, -0.25) is 14.4 Å². The molecule has 1 aromatic carbocycles. The average Bonchev–Trinajstić information content (AvgIpc) is 3.38. The Labute approximate surface area is 135 Å². The van der Waals surface area contributed by atoms with Gasteiger partial charge in [-0.2, -0.15) is 0 Å². The highest BCUT2D eigenvalue weighted by Crippen LogP contribution is 2.30. The van der Waals surface area contributed by atoms with E-state index >= 15 is 0 Å². The van der Waals surface area contributed by atoms with Crippen LogP contribution in [0, 0.1) is 23.4 Å². The molecule has 1 aromatic rings. The van der Waals surface area contributed by atoms with Gasteiger partial charge in [0.1, 0.15) is 0 Å². The number of carbonyl (C=O) groups is 3. The van der Waals surface area contributed by atoms with Crippen molar-refractivity contribution < 1.29 is 32.3 Å². The highest BCUT2D eigenvalue weighted by Gasteiger charge is 2.33. The van der Waals surface area contributed by atoms with Crippen molar-refractivity contribution in [3.8, 4) is 0 Å². The Bertz CT molecular complexity index is 677. The summed E-state index contributed by atoms with van der Waals surface area (Å²) in [5.74, 6) is -6.83. The molecule has 0 saturated heterocycles. The first kappa shape index (κ1) is 17.8. The first-order valence-electron chi connectivity index (χ1n) is 7.21. The molecule has 0 bridgehead atoms.